The first-order valence-electron chi connectivity index (χ1n) is 5.91. The molecule has 96 valence electrons. The molecule has 2 aromatic heterocycles. The van der Waals surface area contributed by atoms with Crippen molar-refractivity contribution in [3.05, 3.63) is 40.5 Å². The van der Waals surface area contributed by atoms with Gasteiger partial charge in [0.2, 0.25) is 0 Å². The average molecular weight is 319 g/mol. The normalized spacial score (nSPS) is 11.2. The van der Waals surface area contributed by atoms with Crippen LogP contribution in [0.15, 0.2) is 34.9 Å². The molecule has 4 nitrogen and oxygen atoms in total. The number of nitrogens with zero attached hydrogens (tertiary/aromatic N) is 1. The van der Waals surface area contributed by atoms with Crippen LogP contribution in [0.2, 0.25) is 0 Å². The maximum absolute atomic E-state index is 10.6. The molecule has 0 aliphatic carbocycles. The lowest BCUT2D eigenvalue weighted by atomic mass is 10.1. The lowest BCUT2D eigenvalue weighted by Gasteiger charge is -1.99. The Morgan fingerprint density at radius 3 is 2.95 bits per heavy atom. The molecule has 0 bridgehead atoms. The van der Waals surface area contributed by atoms with Gasteiger partial charge in [-0.25, -0.2) is 0 Å². The zero-order valence-corrected chi connectivity index (χ0v) is 11.6. The van der Waals surface area contributed by atoms with Crippen LogP contribution in [-0.2, 0) is 11.2 Å². The highest BCUT2D eigenvalue weighted by atomic mass is 79.9. The van der Waals surface area contributed by atoms with Crippen LogP contribution >= 0.6 is 15.9 Å². The van der Waals surface area contributed by atoms with E-state index in [1.165, 1.54) is 0 Å². The molecule has 2 heterocycles. The largest absolute Gasteiger partial charge is 0.481 e. The molecule has 0 unspecified atom stereocenters. The summed E-state index contributed by atoms with van der Waals surface area (Å²) in [7, 11) is 0. The van der Waals surface area contributed by atoms with Gasteiger partial charge < -0.3 is 10.1 Å². The predicted octanol–water partition coefficient (Wildman–Crippen LogP) is 3.50. The van der Waals surface area contributed by atoms with Crippen LogP contribution in [0.4, 0.5) is 0 Å². The third kappa shape index (κ3) is 2.33. The fraction of sp³-hybridized carbons (Fsp3) is 0.143. The maximum Gasteiger partial charge on any atom is 0.303 e. The Hall–Kier alpha value is -1.88. The third-order valence-electron chi connectivity index (χ3n) is 3.09. The first-order valence-corrected chi connectivity index (χ1v) is 6.70. The lowest BCUT2D eigenvalue weighted by molar-refractivity contribution is -0.136. The monoisotopic (exact) mass is 318 g/mol. The van der Waals surface area contributed by atoms with Crippen LogP contribution in [-0.4, -0.2) is 21.0 Å². The Bertz CT molecular complexity index is 780. The first-order chi connectivity index (χ1) is 9.13. The zero-order valence-electron chi connectivity index (χ0n) is 9.98. The van der Waals surface area contributed by atoms with Gasteiger partial charge >= 0.3 is 5.97 Å². The molecular weight excluding hydrogens is 308 g/mol. The van der Waals surface area contributed by atoms with Crippen LogP contribution in [0, 0.1) is 0 Å². The van der Waals surface area contributed by atoms with E-state index in [1.54, 1.807) is 6.20 Å². The van der Waals surface area contributed by atoms with Crippen molar-refractivity contribution in [2.75, 3.05) is 0 Å². The Kier molecular flexibility index (Phi) is 2.98. The maximum atomic E-state index is 10.6. The van der Waals surface area contributed by atoms with Crippen LogP contribution in [0.5, 0.6) is 0 Å². The number of aryl methyl sites for hydroxylation is 1. The molecular formula is C14H11BrN2O2. The molecule has 3 rings (SSSR count). The van der Waals surface area contributed by atoms with E-state index in [2.05, 4.69) is 25.9 Å². The number of rotatable bonds is 3. The number of pyridine rings is 1. The van der Waals surface area contributed by atoms with Gasteiger partial charge in [-0.2, -0.15) is 0 Å². The number of nitrogens with one attached hydrogen (secondary N) is 1. The highest BCUT2D eigenvalue weighted by Crippen LogP contribution is 2.26. The van der Waals surface area contributed by atoms with Crippen molar-refractivity contribution in [3.63, 3.8) is 0 Å². The van der Waals surface area contributed by atoms with E-state index in [0.29, 0.717) is 6.42 Å². The Morgan fingerprint density at radius 1 is 1.32 bits per heavy atom. The number of aliphatic carboxylic acids is 1. The molecule has 0 atom stereocenters. The quantitative estimate of drug-likeness (QED) is 0.776. The van der Waals surface area contributed by atoms with E-state index in [4.69, 9.17) is 5.11 Å². The number of H-pyrrole nitrogens is 1. The Balaban J connectivity index is 2.10. The van der Waals surface area contributed by atoms with E-state index in [0.717, 1.165) is 32.0 Å². The molecule has 0 saturated carbocycles. The van der Waals surface area contributed by atoms with E-state index in [9.17, 15) is 4.79 Å². The molecule has 1 aromatic carbocycles. The fourth-order valence-electron chi connectivity index (χ4n) is 2.20. The molecule has 3 aromatic rings. The number of aromatic nitrogens is 2. The van der Waals surface area contributed by atoms with E-state index in [1.807, 2.05) is 24.3 Å². The summed E-state index contributed by atoms with van der Waals surface area (Å²) in [5.41, 5.74) is 3.91. The minimum absolute atomic E-state index is 0.146. The van der Waals surface area contributed by atoms with Gasteiger partial charge in [-0.1, -0.05) is 6.07 Å². The number of carbonyl (C=O) groups is 1. The summed E-state index contributed by atoms with van der Waals surface area (Å²) in [5, 5.41) is 9.76. The highest BCUT2D eigenvalue weighted by Gasteiger charge is 2.07. The van der Waals surface area contributed by atoms with Crippen LogP contribution < -0.4 is 0 Å². The Labute approximate surface area is 117 Å². The first kappa shape index (κ1) is 12.2. The van der Waals surface area contributed by atoms with Gasteiger partial charge in [-0.15, -0.1) is 0 Å². The average Bonchev–Trinajstić information content (AvgIpc) is 2.72. The minimum atomic E-state index is -0.777. The number of hydrogen-bond donors (Lipinski definition) is 2. The summed E-state index contributed by atoms with van der Waals surface area (Å²) in [6.07, 6.45) is 2.45. The smallest absolute Gasteiger partial charge is 0.303 e. The van der Waals surface area contributed by atoms with Gasteiger partial charge in [-0.3, -0.25) is 9.78 Å². The molecule has 0 fully saturated rings. The number of halogens is 1. The second kappa shape index (κ2) is 4.66. The number of aromatic amines is 1. The van der Waals surface area contributed by atoms with Gasteiger partial charge in [0.1, 0.15) is 0 Å². The van der Waals surface area contributed by atoms with Gasteiger partial charge in [0, 0.05) is 28.0 Å². The van der Waals surface area contributed by atoms with E-state index < -0.39 is 5.97 Å². The number of benzene rings is 1. The van der Waals surface area contributed by atoms with Crippen molar-refractivity contribution < 1.29 is 9.90 Å². The second-order valence-electron chi connectivity index (χ2n) is 4.45. The van der Waals surface area contributed by atoms with Crippen molar-refractivity contribution in [2.24, 2.45) is 0 Å². The van der Waals surface area contributed by atoms with Gasteiger partial charge in [0.25, 0.3) is 0 Å². The molecule has 0 radical (unpaired) electrons. The molecule has 0 amide bonds. The van der Waals surface area contributed by atoms with Crippen molar-refractivity contribution in [3.8, 4) is 0 Å². The van der Waals surface area contributed by atoms with Crippen molar-refractivity contribution in [2.45, 2.75) is 12.8 Å². The highest BCUT2D eigenvalue weighted by molar-refractivity contribution is 9.10. The number of carboxylic acid groups (broad SMARTS) is 1. The standard InChI is InChI=1S/C14H11BrN2O2/c15-9-6-12-14(16-7-9)10-5-8(2-4-13(18)19)1-3-11(10)17-12/h1,3,5-7,17H,2,4H2,(H,18,19). The van der Waals surface area contributed by atoms with Crippen molar-refractivity contribution in [1.82, 2.24) is 9.97 Å². The lowest BCUT2D eigenvalue weighted by Crippen LogP contribution is -1.97. The summed E-state index contributed by atoms with van der Waals surface area (Å²) in [6, 6.07) is 7.93. The molecule has 0 aliphatic rings. The van der Waals surface area contributed by atoms with Crippen LogP contribution in [0.25, 0.3) is 21.9 Å². The predicted molar refractivity (Wildman–Crippen MR) is 77.3 cm³/mol. The summed E-state index contributed by atoms with van der Waals surface area (Å²) in [4.78, 5) is 18.3. The topological polar surface area (TPSA) is 66.0 Å². The summed E-state index contributed by atoms with van der Waals surface area (Å²) < 4.78 is 0.928. The van der Waals surface area contributed by atoms with Gasteiger partial charge in [0.15, 0.2) is 0 Å². The zero-order chi connectivity index (χ0) is 13.4. The molecule has 0 aliphatic heterocycles. The van der Waals surface area contributed by atoms with Crippen molar-refractivity contribution >= 4 is 43.8 Å². The summed E-state index contributed by atoms with van der Waals surface area (Å²) >= 11 is 3.40. The van der Waals surface area contributed by atoms with Crippen LogP contribution in [0.1, 0.15) is 12.0 Å². The van der Waals surface area contributed by atoms with E-state index in [-0.39, 0.29) is 6.42 Å². The Morgan fingerprint density at radius 2 is 2.16 bits per heavy atom. The number of carboxylic acids is 1. The van der Waals surface area contributed by atoms with Crippen LogP contribution in [0.3, 0.4) is 0 Å². The summed E-state index contributed by atoms with van der Waals surface area (Å²) in [5.74, 6) is -0.777. The molecule has 0 spiro atoms. The summed E-state index contributed by atoms with van der Waals surface area (Å²) in [6.45, 7) is 0. The molecule has 0 saturated heterocycles. The van der Waals surface area contributed by atoms with Gasteiger partial charge in [-0.05, 0) is 46.1 Å². The third-order valence-corrected chi connectivity index (χ3v) is 3.52. The number of fused-ring (bicyclic) bond motifs is 3. The number of hydrogen-bond acceptors (Lipinski definition) is 2. The molecule has 5 heteroatoms. The second-order valence-corrected chi connectivity index (χ2v) is 5.36. The molecule has 2 N–H and O–H groups in total. The SMILES string of the molecule is O=C(O)CCc1ccc2[nH]c3cc(Br)cnc3c2c1. The molecule has 19 heavy (non-hydrogen) atoms. The van der Waals surface area contributed by atoms with Crippen molar-refractivity contribution in [1.29, 1.82) is 0 Å². The minimum Gasteiger partial charge on any atom is -0.481 e. The fourth-order valence-corrected chi connectivity index (χ4v) is 2.53. The van der Waals surface area contributed by atoms with Gasteiger partial charge in [0.05, 0.1) is 11.0 Å². The van der Waals surface area contributed by atoms with E-state index >= 15 is 0 Å².